The molecule has 0 saturated carbocycles. The lowest BCUT2D eigenvalue weighted by molar-refractivity contribution is -0.165. The van der Waals surface area contributed by atoms with Crippen LogP contribution in [0, 0.1) is 13.8 Å². The van der Waals surface area contributed by atoms with Gasteiger partial charge in [-0.15, -0.1) is 0 Å². The van der Waals surface area contributed by atoms with Crippen molar-refractivity contribution in [3.8, 4) is 5.75 Å². The summed E-state index contributed by atoms with van der Waals surface area (Å²) < 4.78 is 43.9. The van der Waals surface area contributed by atoms with Gasteiger partial charge in [-0.25, -0.2) is 0 Å². The summed E-state index contributed by atoms with van der Waals surface area (Å²) >= 11 is 0. The molecule has 0 fully saturated rings. The Bertz CT molecular complexity index is 898. The van der Waals surface area contributed by atoms with Gasteiger partial charge in [0, 0.05) is 11.8 Å². The van der Waals surface area contributed by atoms with Crippen molar-refractivity contribution in [2.45, 2.75) is 20.0 Å². The molecule has 0 saturated heterocycles. The average molecular weight is 377 g/mol. The molecule has 4 nitrogen and oxygen atoms in total. The maximum absolute atomic E-state index is 13.0. The minimum absolute atomic E-state index is 0.0375. The normalized spacial score (nSPS) is 12.8. The van der Waals surface area contributed by atoms with Crippen LogP contribution in [0.2, 0.25) is 0 Å². The summed E-state index contributed by atoms with van der Waals surface area (Å²) in [6.07, 6.45) is -4.41. The van der Waals surface area contributed by atoms with Crippen LogP contribution in [0.15, 0.2) is 53.0 Å². The maximum Gasteiger partial charge on any atom is 0.455 e. The predicted molar refractivity (Wildman–Crippen MR) is 97.7 cm³/mol. The quantitative estimate of drug-likeness (QED) is 0.447. The van der Waals surface area contributed by atoms with Gasteiger partial charge < -0.3 is 9.84 Å². The number of rotatable bonds is 5. The zero-order valence-electron chi connectivity index (χ0n) is 15.0. The number of nitrogens with zero attached hydrogens (tertiary/aromatic N) is 1. The summed E-state index contributed by atoms with van der Waals surface area (Å²) in [5, 5.41) is 10.3. The van der Waals surface area contributed by atoms with Gasteiger partial charge in [0.1, 0.15) is 11.5 Å². The Kier molecular flexibility index (Phi) is 6.05. The number of aryl methyl sites for hydroxylation is 2. The number of Topliss-reactive ketones (excluding diaryl/α,β-unsaturated/α-hetero) is 1. The summed E-state index contributed by atoms with van der Waals surface area (Å²) in [6.45, 7) is 3.62. The van der Waals surface area contributed by atoms with Gasteiger partial charge in [-0.3, -0.25) is 9.79 Å². The topological polar surface area (TPSA) is 58.9 Å². The first-order valence-corrected chi connectivity index (χ1v) is 7.94. The van der Waals surface area contributed by atoms with Crippen molar-refractivity contribution in [1.82, 2.24) is 0 Å². The Morgan fingerprint density at radius 3 is 2.26 bits per heavy atom. The molecular formula is C20H18F3NO3. The van der Waals surface area contributed by atoms with Gasteiger partial charge in [-0.1, -0.05) is 17.7 Å². The number of aliphatic hydroxyl groups excluding tert-OH is 1. The molecule has 0 aromatic heterocycles. The molecule has 7 heteroatoms. The van der Waals surface area contributed by atoms with Gasteiger partial charge in [0.25, 0.3) is 5.78 Å². The molecule has 0 aliphatic heterocycles. The third-order valence-corrected chi connectivity index (χ3v) is 3.81. The highest BCUT2D eigenvalue weighted by Crippen LogP contribution is 2.27. The average Bonchev–Trinajstić information content (AvgIpc) is 2.62. The number of methoxy groups -OCH3 is 1. The van der Waals surface area contributed by atoms with Crippen LogP contribution in [0.3, 0.4) is 0 Å². The van der Waals surface area contributed by atoms with Gasteiger partial charge in [-0.05, 0) is 49.7 Å². The predicted octanol–water partition coefficient (Wildman–Crippen LogP) is 5.12. The molecule has 1 N–H and O–H groups in total. The van der Waals surface area contributed by atoms with Crippen LogP contribution in [0.1, 0.15) is 16.7 Å². The van der Waals surface area contributed by atoms with Crippen molar-refractivity contribution in [1.29, 1.82) is 0 Å². The highest BCUT2D eigenvalue weighted by molar-refractivity contribution is 6.20. The lowest BCUT2D eigenvalue weighted by Gasteiger charge is -2.10. The SMILES string of the molecule is COc1ccc(C(O)=C(C=Nc2ccc(C)cc2C)C(=O)C(F)(F)F)cc1. The van der Waals surface area contributed by atoms with E-state index in [2.05, 4.69) is 4.99 Å². The third kappa shape index (κ3) is 4.97. The van der Waals surface area contributed by atoms with Crippen LogP contribution in [0.4, 0.5) is 18.9 Å². The lowest BCUT2D eigenvalue weighted by atomic mass is 10.0. The van der Waals surface area contributed by atoms with E-state index in [1.54, 1.807) is 19.1 Å². The number of carbonyl (C=O) groups excluding carboxylic acids is 1. The smallest absolute Gasteiger partial charge is 0.455 e. The molecule has 2 aromatic rings. The number of hydrogen-bond donors (Lipinski definition) is 1. The number of benzene rings is 2. The van der Waals surface area contributed by atoms with E-state index >= 15 is 0 Å². The fraction of sp³-hybridized carbons (Fsp3) is 0.200. The van der Waals surface area contributed by atoms with Crippen LogP contribution >= 0.6 is 0 Å². The number of alkyl halides is 3. The molecule has 2 rings (SSSR count). The second kappa shape index (κ2) is 8.07. The molecule has 27 heavy (non-hydrogen) atoms. The molecule has 0 atom stereocenters. The third-order valence-electron chi connectivity index (χ3n) is 3.81. The number of ketones is 1. The van der Waals surface area contributed by atoms with E-state index in [0.717, 1.165) is 17.3 Å². The van der Waals surface area contributed by atoms with Crippen molar-refractivity contribution in [3.05, 3.63) is 64.7 Å². The number of aliphatic hydroxyl groups is 1. The second-order valence-electron chi connectivity index (χ2n) is 5.87. The van der Waals surface area contributed by atoms with Gasteiger partial charge in [0.15, 0.2) is 0 Å². The molecule has 0 aliphatic carbocycles. The zero-order chi connectivity index (χ0) is 20.2. The fourth-order valence-corrected chi connectivity index (χ4v) is 2.37. The number of aliphatic imine (C=N–C) groups is 1. The van der Waals surface area contributed by atoms with E-state index in [9.17, 15) is 23.1 Å². The van der Waals surface area contributed by atoms with E-state index in [4.69, 9.17) is 4.74 Å². The Balaban J connectivity index is 2.53. The van der Waals surface area contributed by atoms with Crippen molar-refractivity contribution in [3.63, 3.8) is 0 Å². The Morgan fingerprint density at radius 1 is 1.11 bits per heavy atom. The summed E-state index contributed by atoms with van der Waals surface area (Å²) in [7, 11) is 1.43. The number of ether oxygens (including phenoxy) is 1. The van der Waals surface area contributed by atoms with Crippen molar-refractivity contribution in [2.75, 3.05) is 7.11 Å². The summed E-state index contributed by atoms with van der Waals surface area (Å²) in [4.78, 5) is 15.8. The summed E-state index contributed by atoms with van der Waals surface area (Å²) in [5.74, 6) is -2.53. The Hall–Kier alpha value is -3.09. The lowest BCUT2D eigenvalue weighted by Crippen LogP contribution is -2.26. The first kappa shape index (κ1) is 20.2. The van der Waals surface area contributed by atoms with Crippen LogP contribution in [-0.2, 0) is 4.79 Å². The van der Waals surface area contributed by atoms with E-state index < -0.39 is 23.3 Å². The Morgan fingerprint density at radius 2 is 1.74 bits per heavy atom. The van der Waals surface area contributed by atoms with Gasteiger partial charge >= 0.3 is 6.18 Å². The van der Waals surface area contributed by atoms with E-state index in [0.29, 0.717) is 11.4 Å². The van der Waals surface area contributed by atoms with Crippen LogP contribution in [-0.4, -0.2) is 30.4 Å². The van der Waals surface area contributed by atoms with Gasteiger partial charge in [-0.2, -0.15) is 13.2 Å². The van der Waals surface area contributed by atoms with E-state index in [1.807, 2.05) is 13.0 Å². The van der Waals surface area contributed by atoms with E-state index in [1.165, 1.54) is 31.4 Å². The molecule has 0 heterocycles. The zero-order valence-corrected chi connectivity index (χ0v) is 15.0. The summed E-state index contributed by atoms with van der Waals surface area (Å²) in [6, 6.07) is 10.8. The maximum atomic E-state index is 13.0. The minimum Gasteiger partial charge on any atom is -0.506 e. The molecule has 0 amide bonds. The molecule has 0 bridgehead atoms. The van der Waals surface area contributed by atoms with Crippen LogP contribution < -0.4 is 4.74 Å². The number of halogens is 3. The molecule has 0 spiro atoms. The molecule has 0 radical (unpaired) electrons. The Labute approximate surface area is 154 Å². The second-order valence-corrected chi connectivity index (χ2v) is 5.87. The largest absolute Gasteiger partial charge is 0.506 e. The summed E-state index contributed by atoms with van der Waals surface area (Å²) in [5.41, 5.74) is 1.20. The minimum atomic E-state index is -5.15. The van der Waals surface area contributed by atoms with Gasteiger partial charge in [0.2, 0.25) is 0 Å². The fourth-order valence-electron chi connectivity index (χ4n) is 2.37. The standard InChI is InChI=1S/C20H18F3NO3/c1-12-4-9-17(13(2)10-12)24-11-16(19(26)20(21,22)23)18(25)14-5-7-15(27-3)8-6-14/h4-11,25H,1-3H3. The van der Waals surface area contributed by atoms with Crippen molar-refractivity contribution in [2.24, 2.45) is 4.99 Å². The van der Waals surface area contributed by atoms with Crippen molar-refractivity contribution >= 4 is 23.4 Å². The molecular weight excluding hydrogens is 359 g/mol. The molecule has 142 valence electrons. The van der Waals surface area contributed by atoms with E-state index in [-0.39, 0.29) is 5.56 Å². The monoisotopic (exact) mass is 377 g/mol. The number of allylic oxidation sites excluding steroid dienone is 1. The highest BCUT2D eigenvalue weighted by Gasteiger charge is 2.41. The first-order chi connectivity index (χ1) is 12.6. The number of hydrogen-bond acceptors (Lipinski definition) is 4. The highest BCUT2D eigenvalue weighted by atomic mass is 19.4. The first-order valence-electron chi connectivity index (χ1n) is 7.94. The van der Waals surface area contributed by atoms with Crippen LogP contribution in [0.5, 0.6) is 5.75 Å². The molecule has 0 aliphatic rings. The molecule has 2 aromatic carbocycles. The van der Waals surface area contributed by atoms with Gasteiger partial charge in [0.05, 0.1) is 18.4 Å². The van der Waals surface area contributed by atoms with Crippen molar-refractivity contribution < 1.29 is 27.8 Å². The molecule has 0 unspecified atom stereocenters. The number of carbonyl (C=O) groups is 1. The van der Waals surface area contributed by atoms with Crippen LogP contribution in [0.25, 0.3) is 5.76 Å².